The number of hydrogen-bond acceptors (Lipinski definition) is 5. The summed E-state index contributed by atoms with van der Waals surface area (Å²) in [5.41, 5.74) is 3.01. The van der Waals surface area contributed by atoms with Gasteiger partial charge in [0.05, 0.1) is 21.3 Å². The Labute approximate surface area is 127 Å². The Kier molecular flexibility index (Phi) is 5.27. The molecule has 0 unspecified atom stereocenters. The molecule has 0 spiro atoms. The summed E-state index contributed by atoms with van der Waals surface area (Å²) >= 11 is 1.46. The first-order chi connectivity index (χ1) is 10.1. The van der Waals surface area contributed by atoms with Crippen LogP contribution in [0.1, 0.15) is 37.0 Å². The first-order valence-electron chi connectivity index (χ1n) is 6.90. The Bertz CT molecular complexity index is 639. The van der Waals surface area contributed by atoms with Crippen molar-refractivity contribution in [3.05, 3.63) is 29.3 Å². The van der Waals surface area contributed by atoms with Gasteiger partial charge in [0.25, 0.3) is 5.91 Å². The Hall–Kier alpha value is -1.95. The minimum Gasteiger partial charge on any atom is -0.452 e. The highest BCUT2D eigenvalue weighted by molar-refractivity contribution is 7.16. The summed E-state index contributed by atoms with van der Waals surface area (Å²) in [6.45, 7) is 3.73. The van der Waals surface area contributed by atoms with Gasteiger partial charge in [-0.05, 0) is 31.5 Å². The zero-order valence-electron chi connectivity index (χ0n) is 12.1. The quantitative estimate of drug-likeness (QED) is 0.833. The lowest BCUT2D eigenvalue weighted by Crippen LogP contribution is -2.35. The molecule has 6 heteroatoms. The molecule has 0 saturated heterocycles. The number of aromatic nitrogens is 1. The van der Waals surface area contributed by atoms with Crippen molar-refractivity contribution in [1.29, 1.82) is 0 Å². The number of nitrogens with zero attached hydrogens (tertiary/aromatic N) is 1. The van der Waals surface area contributed by atoms with E-state index in [2.05, 4.69) is 17.2 Å². The van der Waals surface area contributed by atoms with E-state index in [1.54, 1.807) is 23.7 Å². The molecule has 1 atom stereocenters. The largest absolute Gasteiger partial charge is 0.452 e. The van der Waals surface area contributed by atoms with Crippen molar-refractivity contribution in [2.75, 3.05) is 6.61 Å². The third kappa shape index (κ3) is 4.26. The Balaban J connectivity index is 1.87. The molecule has 5 nitrogen and oxygen atoms in total. The number of fused-ring (bicyclic) bond motifs is 1. The van der Waals surface area contributed by atoms with E-state index in [1.807, 2.05) is 6.92 Å². The van der Waals surface area contributed by atoms with E-state index in [9.17, 15) is 9.59 Å². The summed E-state index contributed by atoms with van der Waals surface area (Å²) in [6.07, 6.45) is 1.90. The molecule has 0 aliphatic rings. The van der Waals surface area contributed by atoms with Crippen molar-refractivity contribution in [1.82, 2.24) is 10.3 Å². The predicted molar refractivity (Wildman–Crippen MR) is 82.4 cm³/mol. The SMILES string of the molecule is CCC[C@@H](C)NC(=O)COC(=O)c1ccc2ncsc2c1. The van der Waals surface area contributed by atoms with Gasteiger partial charge in [-0.15, -0.1) is 11.3 Å². The van der Waals surface area contributed by atoms with Crippen LogP contribution in [0.5, 0.6) is 0 Å². The lowest BCUT2D eigenvalue weighted by Gasteiger charge is -2.12. The first kappa shape index (κ1) is 15.4. The van der Waals surface area contributed by atoms with Gasteiger partial charge in [0.2, 0.25) is 0 Å². The average Bonchev–Trinajstić information content (AvgIpc) is 2.92. The average molecular weight is 306 g/mol. The second-order valence-electron chi connectivity index (χ2n) is 4.87. The molecule has 0 aliphatic heterocycles. The molecule has 0 fully saturated rings. The van der Waals surface area contributed by atoms with E-state index < -0.39 is 5.97 Å². The van der Waals surface area contributed by atoms with Gasteiger partial charge in [-0.25, -0.2) is 9.78 Å². The fourth-order valence-electron chi connectivity index (χ4n) is 2.02. The van der Waals surface area contributed by atoms with E-state index in [-0.39, 0.29) is 18.6 Å². The minimum absolute atomic E-state index is 0.0924. The summed E-state index contributed by atoms with van der Waals surface area (Å²) in [4.78, 5) is 27.7. The van der Waals surface area contributed by atoms with Gasteiger partial charge in [-0.1, -0.05) is 13.3 Å². The van der Waals surface area contributed by atoms with Crippen molar-refractivity contribution in [3.8, 4) is 0 Å². The Morgan fingerprint density at radius 1 is 1.43 bits per heavy atom. The highest BCUT2D eigenvalue weighted by Crippen LogP contribution is 2.19. The number of ether oxygens (including phenoxy) is 1. The number of amides is 1. The Morgan fingerprint density at radius 3 is 3.00 bits per heavy atom. The molecule has 1 amide bonds. The zero-order valence-corrected chi connectivity index (χ0v) is 12.9. The van der Waals surface area contributed by atoms with Crippen LogP contribution in [-0.4, -0.2) is 29.5 Å². The van der Waals surface area contributed by atoms with E-state index in [0.29, 0.717) is 5.56 Å². The fraction of sp³-hybridized carbons (Fsp3) is 0.400. The fourth-order valence-corrected chi connectivity index (χ4v) is 2.73. The topological polar surface area (TPSA) is 68.3 Å². The van der Waals surface area contributed by atoms with Gasteiger partial charge in [0, 0.05) is 6.04 Å². The molecule has 1 heterocycles. The van der Waals surface area contributed by atoms with Crippen LogP contribution in [0.2, 0.25) is 0 Å². The normalized spacial score (nSPS) is 12.1. The maximum absolute atomic E-state index is 11.9. The molecular formula is C15H18N2O3S. The van der Waals surface area contributed by atoms with E-state index >= 15 is 0 Å². The molecule has 2 aromatic rings. The second-order valence-corrected chi connectivity index (χ2v) is 5.75. The number of rotatable bonds is 6. The van der Waals surface area contributed by atoms with Crippen LogP contribution in [0.3, 0.4) is 0 Å². The van der Waals surface area contributed by atoms with Gasteiger partial charge in [0.1, 0.15) is 0 Å². The molecule has 0 radical (unpaired) electrons. The van der Waals surface area contributed by atoms with E-state index in [1.165, 1.54) is 11.3 Å². The molecule has 21 heavy (non-hydrogen) atoms. The molecule has 0 saturated carbocycles. The van der Waals surface area contributed by atoms with E-state index in [0.717, 1.165) is 23.1 Å². The number of carbonyl (C=O) groups is 2. The maximum Gasteiger partial charge on any atom is 0.338 e. The smallest absolute Gasteiger partial charge is 0.338 e. The van der Waals surface area contributed by atoms with Gasteiger partial charge in [-0.2, -0.15) is 0 Å². The van der Waals surface area contributed by atoms with Crippen molar-refractivity contribution in [2.24, 2.45) is 0 Å². The van der Waals surface area contributed by atoms with Crippen LogP contribution < -0.4 is 5.32 Å². The summed E-state index contributed by atoms with van der Waals surface area (Å²) in [5, 5.41) is 2.79. The molecule has 0 bridgehead atoms. The number of thiazole rings is 1. The molecule has 1 N–H and O–H groups in total. The summed E-state index contributed by atoms with van der Waals surface area (Å²) in [5.74, 6) is -0.772. The number of hydrogen-bond donors (Lipinski definition) is 1. The summed E-state index contributed by atoms with van der Waals surface area (Å²) in [7, 11) is 0. The molecule has 112 valence electrons. The standard InChI is InChI=1S/C15H18N2O3S/c1-3-4-10(2)17-14(18)8-20-15(19)11-5-6-12-13(7-11)21-9-16-12/h5-7,9-10H,3-4,8H2,1-2H3,(H,17,18)/t10-/m1/s1. The second kappa shape index (κ2) is 7.17. The number of nitrogens with one attached hydrogen (secondary N) is 1. The number of benzene rings is 1. The van der Waals surface area contributed by atoms with Crippen LogP contribution in [-0.2, 0) is 9.53 Å². The van der Waals surface area contributed by atoms with Crippen LogP contribution >= 0.6 is 11.3 Å². The third-order valence-electron chi connectivity index (χ3n) is 3.03. The van der Waals surface area contributed by atoms with Gasteiger partial charge >= 0.3 is 5.97 Å². The first-order valence-corrected chi connectivity index (χ1v) is 7.78. The monoisotopic (exact) mass is 306 g/mol. The third-order valence-corrected chi connectivity index (χ3v) is 3.82. The molecule has 1 aromatic carbocycles. The van der Waals surface area contributed by atoms with Crippen LogP contribution in [0.4, 0.5) is 0 Å². The van der Waals surface area contributed by atoms with E-state index in [4.69, 9.17) is 4.74 Å². The number of esters is 1. The molecule has 2 rings (SSSR count). The highest BCUT2D eigenvalue weighted by atomic mass is 32.1. The zero-order chi connectivity index (χ0) is 15.2. The summed E-state index contributed by atoms with van der Waals surface area (Å²) in [6, 6.07) is 5.25. The van der Waals surface area contributed by atoms with Crippen molar-refractivity contribution in [2.45, 2.75) is 32.7 Å². The number of carbonyl (C=O) groups excluding carboxylic acids is 2. The van der Waals surface area contributed by atoms with Crippen molar-refractivity contribution < 1.29 is 14.3 Å². The van der Waals surface area contributed by atoms with Gasteiger partial charge < -0.3 is 10.1 Å². The molecule has 1 aromatic heterocycles. The molecule has 0 aliphatic carbocycles. The van der Waals surface area contributed by atoms with Crippen LogP contribution in [0.25, 0.3) is 10.2 Å². The highest BCUT2D eigenvalue weighted by Gasteiger charge is 2.12. The van der Waals surface area contributed by atoms with Crippen LogP contribution in [0.15, 0.2) is 23.7 Å². The predicted octanol–water partition coefficient (Wildman–Crippen LogP) is 2.76. The summed E-state index contributed by atoms with van der Waals surface area (Å²) < 4.78 is 5.95. The van der Waals surface area contributed by atoms with Gasteiger partial charge in [-0.3, -0.25) is 4.79 Å². The molecular weight excluding hydrogens is 288 g/mol. The van der Waals surface area contributed by atoms with Gasteiger partial charge in [0.15, 0.2) is 6.61 Å². The van der Waals surface area contributed by atoms with Crippen molar-refractivity contribution in [3.63, 3.8) is 0 Å². The van der Waals surface area contributed by atoms with Crippen LogP contribution in [0, 0.1) is 0 Å². The minimum atomic E-state index is -0.497. The Morgan fingerprint density at radius 2 is 2.24 bits per heavy atom. The van der Waals surface area contributed by atoms with Crippen molar-refractivity contribution >= 4 is 33.4 Å². The lowest BCUT2D eigenvalue weighted by molar-refractivity contribution is -0.124. The maximum atomic E-state index is 11.9. The lowest BCUT2D eigenvalue weighted by atomic mass is 10.2.